The van der Waals surface area contributed by atoms with Gasteiger partial charge in [-0.3, -0.25) is 0 Å². The fourth-order valence-corrected chi connectivity index (χ4v) is 1.33. The minimum Gasteiger partial charge on any atom is -0.479 e. The first kappa shape index (κ1) is 14.9. The maximum atomic E-state index is 11.1. The van der Waals surface area contributed by atoms with Crippen LogP contribution in [-0.2, 0) is 0 Å². The van der Waals surface area contributed by atoms with Crippen LogP contribution in [0.3, 0.4) is 0 Å². The van der Waals surface area contributed by atoms with Crippen molar-refractivity contribution >= 4 is 17.6 Å². The van der Waals surface area contributed by atoms with Crippen LogP contribution in [0, 0.1) is 11.8 Å². The second kappa shape index (κ2) is 8.90. The standard InChI is InChI=1S/C14H15ClN2O2/c1-2-9-16-14(18)17-10-5-6-11-19-13-8-4-3-7-12(13)15/h2-4,7-8H,1,9-11H2,(H2,16,17,18). The number of hydrogen-bond donors (Lipinski definition) is 2. The Hall–Kier alpha value is -2.12. The highest BCUT2D eigenvalue weighted by Gasteiger charge is 1.97. The second-order valence-corrected chi connectivity index (χ2v) is 3.83. The zero-order chi connectivity index (χ0) is 13.9. The highest BCUT2D eigenvalue weighted by molar-refractivity contribution is 6.32. The minimum atomic E-state index is -0.277. The van der Waals surface area contributed by atoms with E-state index in [-0.39, 0.29) is 19.2 Å². The molecule has 5 heteroatoms. The van der Waals surface area contributed by atoms with Crippen LogP contribution in [0.1, 0.15) is 0 Å². The smallest absolute Gasteiger partial charge is 0.315 e. The Morgan fingerprint density at radius 2 is 2.16 bits per heavy atom. The monoisotopic (exact) mass is 278 g/mol. The van der Waals surface area contributed by atoms with Crippen molar-refractivity contribution in [3.63, 3.8) is 0 Å². The summed E-state index contributed by atoms with van der Waals surface area (Å²) in [5.74, 6) is 6.14. The van der Waals surface area contributed by atoms with E-state index in [1.807, 2.05) is 12.1 Å². The molecule has 0 aliphatic carbocycles. The van der Waals surface area contributed by atoms with E-state index >= 15 is 0 Å². The largest absolute Gasteiger partial charge is 0.479 e. The van der Waals surface area contributed by atoms with E-state index < -0.39 is 0 Å². The Morgan fingerprint density at radius 1 is 1.37 bits per heavy atom. The molecule has 0 unspecified atom stereocenters. The molecular formula is C14H15ClN2O2. The molecular weight excluding hydrogens is 264 g/mol. The zero-order valence-corrected chi connectivity index (χ0v) is 11.2. The molecule has 1 aromatic rings. The van der Waals surface area contributed by atoms with Crippen molar-refractivity contribution in [3.8, 4) is 17.6 Å². The van der Waals surface area contributed by atoms with Crippen molar-refractivity contribution in [1.29, 1.82) is 0 Å². The third kappa shape index (κ3) is 6.39. The summed E-state index contributed by atoms with van der Waals surface area (Å²) >= 11 is 5.91. The Labute approximate surface area is 117 Å². The molecule has 0 saturated heterocycles. The molecule has 1 rings (SSSR count). The van der Waals surface area contributed by atoms with Crippen LogP contribution in [0.4, 0.5) is 4.79 Å². The summed E-state index contributed by atoms with van der Waals surface area (Å²) in [5, 5.41) is 5.69. The number of urea groups is 1. The van der Waals surface area contributed by atoms with Crippen LogP contribution >= 0.6 is 11.6 Å². The van der Waals surface area contributed by atoms with Crippen LogP contribution in [0.15, 0.2) is 36.9 Å². The van der Waals surface area contributed by atoms with Crippen LogP contribution in [-0.4, -0.2) is 25.7 Å². The third-order valence-electron chi connectivity index (χ3n) is 2.01. The van der Waals surface area contributed by atoms with Gasteiger partial charge in [0.1, 0.15) is 12.4 Å². The Bertz CT molecular complexity index is 492. The summed E-state index contributed by atoms with van der Waals surface area (Å²) < 4.78 is 5.36. The number of para-hydroxylation sites is 1. The number of carbonyl (C=O) groups excluding carboxylic acids is 1. The Balaban J connectivity index is 2.20. The summed E-state index contributed by atoms with van der Waals surface area (Å²) in [7, 11) is 0. The lowest BCUT2D eigenvalue weighted by atomic mass is 10.3. The average Bonchev–Trinajstić information content (AvgIpc) is 2.42. The topological polar surface area (TPSA) is 50.4 Å². The predicted octanol–water partition coefficient (Wildman–Crippen LogP) is 2.21. The van der Waals surface area contributed by atoms with Crippen molar-refractivity contribution in [1.82, 2.24) is 10.6 Å². The van der Waals surface area contributed by atoms with E-state index in [4.69, 9.17) is 16.3 Å². The molecule has 0 atom stereocenters. The minimum absolute atomic E-state index is 0.222. The Kier molecular flexibility index (Phi) is 7.00. The lowest BCUT2D eigenvalue weighted by Gasteiger charge is -2.03. The highest BCUT2D eigenvalue weighted by Crippen LogP contribution is 2.22. The van der Waals surface area contributed by atoms with Gasteiger partial charge >= 0.3 is 6.03 Å². The van der Waals surface area contributed by atoms with Gasteiger partial charge in [0.25, 0.3) is 0 Å². The molecule has 0 bridgehead atoms. The van der Waals surface area contributed by atoms with Gasteiger partial charge in [-0.05, 0) is 12.1 Å². The lowest BCUT2D eigenvalue weighted by molar-refractivity contribution is 0.243. The summed E-state index contributed by atoms with van der Waals surface area (Å²) in [6, 6.07) is 6.90. The van der Waals surface area contributed by atoms with Crippen molar-refractivity contribution in [2.24, 2.45) is 0 Å². The maximum absolute atomic E-state index is 11.1. The fraction of sp³-hybridized carbons (Fsp3) is 0.214. The van der Waals surface area contributed by atoms with E-state index in [0.717, 1.165) is 0 Å². The first-order valence-electron chi connectivity index (χ1n) is 5.69. The number of rotatable bonds is 5. The first-order chi connectivity index (χ1) is 9.24. The average molecular weight is 279 g/mol. The molecule has 0 heterocycles. The third-order valence-corrected chi connectivity index (χ3v) is 2.32. The first-order valence-corrected chi connectivity index (χ1v) is 6.07. The molecule has 0 fully saturated rings. The molecule has 2 N–H and O–H groups in total. The zero-order valence-electron chi connectivity index (χ0n) is 10.4. The van der Waals surface area contributed by atoms with Crippen LogP contribution in [0.5, 0.6) is 5.75 Å². The van der Waals surface area contributed by atoms with Gasteiger partial charge in [0.05, 0.1) is 11.6 Å². The lowest BCUT2D eigenvalue weighted by Crippen LogP contribution is -2.35. The van der Waals surface area contributed by atoms with E-state index in [2.05, 4.69) is 29.1 Å². The second-order valence-electron chi connectivity index (χ2n) is 3.42. The molecule has 0 saturated carbocycles. The van der Waals surface area contributed by atoms with Gasteiger partial charge in [-0.25, -0.2) is 4.79 Å². The van der Waals surface area contributed by atoms with E-state index in [1.54, 1.807) is 18.2 Å². The maximum Gasteiger partial charge on any atom is 0.315 e. The molecule has 0 aliphatic heterocycles. The highest BCUT2D eigenvalue weighted by atomic mass is 35.5. The number of amides is 2. The van der Waals surface area contributed by atoms with Crippen molar-refractivity contribution < 1.29 is 9.53 Å². The van der Waals surface area contributed by atoms with E-state index in [0.29, 0.717) is 17.3 Å². The molecule has 19 heavy (non-hydrogen) atoms. The number of benzene rings is 1. The van der Waals surface area contributed by atoms with E-state index in [9.17, 15) is 4.79 Å². The summed E-state index contributed by atoms with van der Waals surface area (Å²) in [6.45, 7) is 4.40. The molecule has 1 aromatic carbocycles. The van der Waals surface area contributed by atoms with Gasteiger partial charge in [-0.2, -0.15) is 0 Å². The number of ether oxygens (including phenoxy) is 1. The molecule has 100 valence electrons. The molecule has 2 amide bonds. The van der Waals surface area contributed by atoms with Gasteiger partial charge in [-0.1, -0.05) is 41.7 Å². The molecule has 0 aromatic heterocycles. The van der Waals surface area contributed by atoms with Gasteiger partial charge < -0.3 is 15.4 Å². The summed E-state index contributed by atoms with van der Waals surface area (Å²) in [5.41, 5.74) is 0. The van der Waals surface area contributed by atoms with Crippen molar-refractivity contribution in [3.05, 3.63) is 41.9 Å². The Morgan fingerprint density at radius 3 is 2.89 bits per heavy atom. The van der Waals surface area contributed by atoms with Crippen molar-refractivity contribution in [2.45, 2.75) is 0 Å². The quantitative estimate of drug-likeness (QED) is 0.641. The molecule has 4 nitrogen and oxygen atoms in total. The summed E-state index contributed by atoms with van der Waals surface area (Å²) in [6.07, 6.45) is 1.60. The predicted molar refractivity (Wildman–Crippen MR) is 76.3 cm³/mol. The molecule has 0 radical (unpaired) electrons. The normalized spacial score (nSPS) is 8.89. The number of carbonyl (C=O) groups is 1. The van der Waals surface area contributed by atoms with Gasteiger partial charge in [0, 0.05) is 6.54 Å². The molecule has 0 aliphatic rings. The SMILES string of the molecule is C=CCNC(=O)NCC#CCOc1ccccc1Cl. The number of hydrogen-bond acceptors (Lipinski definition) is 2. The van der Waals surface area contributed by atoms with Gasteiger partial charge in [0.15, 0.2) is 0 Å². The van der Waals surface area contributed by atoms with E-state index in [1.165, 1.54) is 0 Å². The van der Waals surface area contributed by atoms with Gasteiger partial charge in [-0.15, -0.1) is 6.58 Å². The number of nitrogens with one attached hydrogen (secondary N) is 2. The van der Waals surface area contributed by atoms with Crippen LogP contribution in [0.2, 0.25) is 5.02 Å². The van der Waals surface area contributed by atoms with Gasteiger partial charge in [0.2, 0.25) is 0 Å². The molecule has 0 spiro atoms. The van der Waals surface area contributed by atoms with Crippen molar-refractivity contribution in [2.75, 3.05) is 19.7 Å². The van der Waals surface area contributed by atoms with Crippen LogP contribution < -0.4 is 15.4 Å². The van der Waals surface area contributed by atoms with Crippen LogP contribution in [0.25, 0.3) is 0 Å². The number of halogens is 1. The fourth-order valence-electron chi connectivity index (χ4n) is 1.14. The summed E-state index contributed by atoms with van der Waals surface area (Å²) in [4.78, 5) is 11.1.